The van der Waals surface area contributed by atoms with Crippen molar-refractivity contribution in [2.24, 2.45) is 5.92 Å². The first-order chi connectivity index (χ1) is 6.58. The molecule has 1 aromatic rings. The smallest absolute Gasteiger partial charge is 0.113 e. The number of thiazole rings is 1. The Morgan fingerprint density at radius 1 is 1.43 bits per heavy atom. The van der Waals surface area contributed by atoms with Crippen LogP contribution in [0.2, 0.25) is 0 Å². The van der Waals surface area contributed by atoms with Gasteiger partial charge in [0.2, 0.25) is 0 Å². The lowest BCUT2D eigenvalue weighted by molar-refractivity contribution is 0.344. The summed E-state index contributed by atoms with van der Waals surface area (Å²) in [4.78, 5) is 6.02. The van der Waals surface area contributed by atoms with Crippen LogP contribution >= 0.6 is 11.3 Å². The van der Waals surface area contributed by atoms with Crippen molar-refractivity contribution in [3.8, 4) is 0 Å². The number of hydrogen-bond acceptors (Lipinski definition) is 3. The van der Waals surface area contributed by atoms with Crippen LogP contribution < -0.4 is 5.32 Å². The number of aromatic nitrogens is 1. The molecule has 3 heteroatoms. The molecule has 0 aliphatic heterocycles. The quantitative estimate of drug-likeness (QED) is 0.829. The summed E-state index contributed by atoms with van der Waals surface area (Å²) in [5.41, 5.74) is 1.30. The van der Waals surface area contributed by atoms with E-state index in [1.807, 2.05) is 18.4 Å². The number of nitrogens with one attached hydrogen (secondary N) is 1. The van der Waals surface area contributed by atoms with E-state index in [0.29, 0.717) is 0 Å². The molecule has 2 rings (SSSR count). The van der Waals surface area contributed by atoms with E-state index in [1.165, 1.54) is 28.4 Å². The van der Waals surface area contributed by atoms with Crippen molar-refractivity contribution in [2.45, 2.75) is 39.2 Å². The molecule has 14 heavy (non-hydrogen) atoms. The molecule has 0 saturated heterocycles. The highest BCUT2D eigenvalue weighted by Crippen LogP contribution is 2.46. The van der Waals surface area contributed by atoms with Crippen molar-refractivity contribution < 1.29 is 0 Å². The van der Waals surface area contributed by atoms with Gasteiger partial charge in [0.15, 0.2) is 0 Å². The van der Waals surface area contributed by atoms with Gasteiger partial charge in [0.25, 0.3) is 0 Å². The minimum Gasteiger partial charge on any atom is -0.308 e. The second-order valence-electron chi connectivity index (χ2n) is 4.39. The van der Waals surface area contributed by atoms with E-state index in [4.69, 9.17) is 0 Å². The highest BCUT2D eigenvalue weighted by atomic mass is 32.1. The van der Waals surface area contributed by atoms with E-state index in [1.54, 1.807) is 0 Å². The Labute approximate surface area is 89.8 Å². The van der Waals surface area contributed by atoms with Gasteiger partial charge in [-0.25, -0.2) is 4.98 Å². The van der Waals surface area contributed by atoms with Gasteiger partial charge in [-0.15, -0.1) is 11.3 Å². The minimum atomic E-state index is 0.115. The van der Waals surface area contributed by atoms with Crippen molar-refractivity contribution >= 4 is 11.3 Å². The van der Waals surface area contributed by atoms with Gasteiger partial charge in [0.1, 0.15) is 5.01 Å². The Morgan fingerprint density at radius 2 is 2.07 bits per heavy atom. The summed E-state index contributed by atoms with van der Waals surface area (Å²) >= 11 is 1.84. The van der Waals surface area contributed by atoms with Gasteiger partial charge < -0.3 is 5.32 Å². The zero-order valence-corrected chi connectivity index (χ0v) is 10.2. The summed E-state index contributed by atoms with van der Waals surface area (Å²) in [6.45, 7) is 6.53. The maximum absolute atomic E-state index is 4.67. The summed E-state index contributed by atoms with van der Waals surface area (Å²) < 4.78 is 0. The minimum absolute atomic E-state index is 0.115. The zero-order valence-electron chi connectivity index (χ0n) is 9.35. The molecule has 1 aliphatic rings. The van der Waals surface area contributed by atoms with E-state index in [9.17, 15) is 0 Å². The van der Waals surface area contributed by atoms with Crippen LogP contribution in [0.15, 0.2) is 0 Å². The van der Waals surface area contributed by atoms with Crippen LogP contribution in [-0.4, -0.2) is 12.0 Å². The predicted octanol–water partition coefficient (Wildman–Crippen LogP) is 2.60. The monoisotopic (exact) mass is 210 g/mol. The predicted molar refractivity (Wildman–Crippen MR) is 60.7 cm³/mol. The molecule has 0 bridgehead atoms. The Balaban J connectivity index is 2.35. The summed E-state index contributed by atoms with van der Waals surface area (Å²) in [6, 6.07) is 0. The second-order valence-corrected chi connectivity index (χ2v) is 5.59. The highest BCUT2D eigenvalue weighted by molar-refractivity contribution is 7.11. The third-order valence-corrected chi connectivity index (χ3v) is 4.70. The third-order valence-electron chi connectivity index (χ3n) is 3.39. The number of rotatable bonds is 3. The fraction of sp³-hybridized carbons (Fsp3) is 0.727. The lowest BCUT2D eigenvalue weighted by atomic mass is 9.97. The van der Waals surface area contributed by atoms with Crippen LogP contribution in [0, 0.1) is 19.8 Å². The fourth-order valence-electron chi connectivity index (χ4n) is 1.84. The second kappa shape index (κ2) is 3.31. The molecular formula is C11H18N2S. The van der Waals surface area contributed by atoms with Crippen LogP contribution in [-0.2, 0) is 5.54 Å². The SMILES string of the molecule is CNC(C)(c1nc(C)c(C)s1)C1CC1. The maximum atomic E-state index is 4.67. The Kier molecular flexibility index (Phi) is 2.40. The first kappa shape index (κ1) is 10.1. The number of aryl methyl sites for hydroxylation is 2. The van der Waals surface area contributed by atoms with E-state index >= 15 is 0 Å². The Hall–Kier alpha value is -0.410. The molecule has 1 unspecified atom stereocenters. The van der Waals surface area contributed by atoms with Gasteiger partial charge in [0.05, 0.1) is 11.2 Å². The molecule has 0 amide bonds. The number of nitrogens with zero attached hydrogens (tertiary/aromatic N) is 1. The molecule has 1 fully saturated rings. The molecule has 1 heterocycles. The highest BCUT2D eigenvalue weighted by Gasteiger charge is 2.43. The molecular weight excluding hydrogens is 192 g/mol. The van der Waals surface area contributed by atoms with Gasteiger partial charge in [-0.2, -0.15) is 0 Å². The lowest BCUT2D eigenvalue weighted by Gasteiger charge is -2.26. The van der Waals surface area contributed by atoms with Crippen molar-refractivity contribution in [2.75, 3.05) is 7.05 Å². The molecule has 1 saturated carbocycles. The lowest BCUT2D eigenvalue weighted by Crippen LogP contribution is -2.38. The first-order valence-electron chi connectivity index (χ1n) is 5.21. The molecule has 2 nitrogen and oxygen atoms in total. The molecule has 0 radical (unpaired) electrons. The van der Waals surface area contributed by atoms with Crippen LogP contribution in [0.3, 0.4) is 0 Å². The fourth-order valence-corrected chi connectivity index (χ4v) is 2.99. The largest absolute Gasteiger partial charge is 0.308 e. The van der Waals surface area contributed by atoms with Crippen molar-refractivity contribution in [3.63, 3.8) is 0 Å². The van der Waals surface area contributed by atoms with Crippen LogP contribution in [0.25, 0.3) is 0 Å². The maximum Gasteiger partial charge on any atom is 0.113 e. The Morgan fingerprint density at radius 3 is 2.43 bits per heavy atom. The summed E-state index contributed by atoms with van der Waals surface area (Å²) in [5, 5.41) is 4.71. The average Bonchev–Trinajstić information content (AvgIpc) is 2.94. The molecule has 1 aliphatic carbocycles. The van der Waals surface area contributed by atoms with Gasteiger partial charge in [-0.05, 0) is 46.6 Å². The van der Waals surface area contributed by atoms with Gasteiger partial charge >= 0.3 is 0 Å². The molecule has 1 N–H and O–H groups in total. The van der Waals surface area contributed by atoms with Gasteiger partial charge in [-0.3, -0.25) is 0 Å². The summed E-state index contributed by atoms with van der Waals surface area (Å²) in [6.07, 6.45) is 2.68. The van der Waals surface area contributed by atoms with Gasteiger partial charge in [-0.1, -0.05) is 0 Å². The average molecular weight is 210 g/mol. The van der Waals surface area contributed by atoms with Crippen LogP contribution in [0.5, 0.6) is 0 Å². The van der Waals surface area contributed by atoms with E-state index in [2.05, 4.69) is 31.1 Å². The van der Waals surface area contributed by atoms with E-state index in [-0.39, 0.29) is 5.54 Å². The molecule has 1 atom stereocenters. The van der Waals surface area contributed by atoms with Crippen molar-refractivity contribution in [1.82, 2.24) is 10.3 Å². The molecule has 1 aromatic heterocycles. The molecule has 0 spiro atoms. The summed E-state index contributed by atoms with van der Waals surface area (Å²) in [7, 11) is 2.05. The first-order valence-corrected chi connectivity index (χ1v) is 6.03. The van der Waals surface area contributed by atoms with Gasteiger partial charge in [0, 0.05) is 4.88 Å². The summed E-state index contributed by atoms with van der Waals surface area (Å²) in [5.74, 6) is 0.789. The van der Waals surface area contributed by atoms with Crippen LogP contribution in [0.1, 0.15) is 35.3 Å². The van der Waals surface area contributed by atoms with Crippen molar-refractivity contribution in [1.29, 1.82) is 0 Å². The third kappa shape index (κ3) is 1.48. The molecule has 0 aromatic carbocycles. The van der Waals surface area contributed by atoms with E-state index in [0.717, 1.165) is 5.92 Å². The Bertz CT molecular complexity index is 322. The topological polar surface area (TPSA) is 24.9 Å². The number of hydrogen-bond donors (Lipinski definition) is 1. The normalized spacial score (nSPS) is 20.9. The van der Waals surface area contributed by atoms with Crippen LogP contribution in [0.4, 0.5) is 0 Å². The zero-order chi connectivity index (χ0) is 10.3. The van der Waals surface area contributed by atoms with Crippen molar-refractivity contribution in [3.05, 3.63) is 15.6 Å². The standard InChI is InChI=1S/C11H18N2S/c1-7-8(2)14-10(13-7)11(3,12-4)9-5-6-9/h9,12H,5-6H2,1-4H3. The van der Waals surface area contributed by atoms with E-state index < -0.39 is 0 Å². The molecule has 78 valence electrons.